The summed E-state index contributed by atoms with van der Waals surface area (Å²) >= 11 is 15.1. The Morgan fingerprint density at radius 3 is 2.36 bits per heavy atom. The van der Waals surface area contributed by atoms with Crippen molar-refractivity contribution in [3.05, 3.63) is 93.5 Å². The molecule has 3 aromatic carbocycles. The largest absolute Gasteiger partial charge is 0.334 e. The normalized spacial score (nSPS) is 14.0. The number of hydrogen-bond donors (Lipinski definition) is 1. The molecule has 1 amide bonds. The van der Waals surface area contributed by atoms with Gasteiger partial charge in [0.1, 0.15) is 5.82 Å². The van der Waals surface area contributed by atoms with Gasteiger partial charge in [0, 0.05) is 31.8 Å². The minimum absolute atomic E-state index is 0.158. The number of hydrogen-bond acceptors (Lipinski definition) is 5. The highest BCUT2D eigenvalue weighted by atomic mass is 35.5. The number of aromatic nitrogens is 2. The van der Waals surface area contributed by atoms with Gasteiger partial charge in [0.05, 0.1) is 11.8 Å². The molecule has 0 aliphatic heterocycles. The van der Waals surface area contributed by atoms with Gasteiger partial charge < -0.3 is 9.84 Å². The third kappa shape index (κ3) is 5.14. The molecule has 4 aromatic rings. The lowest BCUT2D eigenvalue weighted by molar-refractivity contribution is -0.115. The third-order valence-corrected chi connectivity index (χ3v) is 7.59. The summed E-state index contributed by atoms with van der Waals surface area (Å²) < 4.78 is 18.7. The van der Waals surface area contributed by atoms with Crippen LogP contribution in [-0.2, 0) is 16.6 Å². The van der Waals surface area contributed by atoms with Crippen LogP contribution in [-0.4, -0.2) is 21.8 Å². The Kier molecular flexibility index (Phi) is 7.06. The molecule has 1 N–H and O–H groups in total. The maximum Gasteiger partial charge on any atom is 0.257 e. The molecular weight excluding hydrogens is 520 g/mol. The van der Waals surface area contributed by atoms with Crippen LogP contribution in [0, 0.1) is 5.82 Å². The molecule has 0 unspecified atom stereocenters. The standard InChI is InChI=1S/C27H22Cl2FN3O2S/c1-2-36-20-9-3-16(4-10-20)13-23(34)31-19-14-21(28)24(22(29)15-19)27(11-12-27)26-32-25(35-33-26)17-5-7-18(30)8-6-17/h3-10,14-15H,2,11-13H2,1H3,(H,31,34). The van der Waals surface area contributed by atoms with Crippen LogP contribution in [0.25, 0.3) is 11.5 Å². The fourth-order valence-electron chi connectivity index (χ4n) is 4.20. The van der Waals surface area contributed by atoms with Crippen LogP contribution in [0.5, 0.6) is 0 Å². The first-order chi connectivity index (χ1) is 17.4. The monoisotopic (exact) mass is 541 g/mol. The number of anilines is 1. The molecule has 1 fully saturated rings. The minimum Gasteiger partial charge on any atom is -0.334 e. The molecule has 36 heavy (non-hydrogen) atoms. The van der Waals surface area contributed by atoms with E-state index in [4.69, 9.17) is 27.7 Å². The molecule has 1 heterocycles. The van der Waals surface area contributed by atoms with Gasteiger partial charge in [-0.25, -0.2) is 4.39 Å². The van der Waals surface area contributed by atoms with Gasteiger partial charge in [0.15, 0.2) is 5.82 Å². The first-order valence-electron chi connectivity index (χ1n) is 11.5. The van der Waals surface area contributed by atoms with Crippen LogP contribution in [0.15, 0.2) is 70.1 Å². The third-order valence-electron chi connectivity index (χ3n) is 6.10. The highest BCUT2D eigenvalue weighted by Crippen LogP contribution is 2.57. The average molecular weight is 542 g/mol. The van der Waals surface area contributed by atoms with E-state index in [1.807, 2.05) is 24.3 Å². The van der Waals surface area contributed by atoms with E-state index in [1.54, 1.807) is 36.0 Å². The van der Waals surface area contributed by atoms with E-state index >= 15 is 0 Å². The Morgan fingerprint density at radius 2 is 1.75 bits per heavy atom. The van der Waals surface area contributed by atoms with Gasteiger partial charge in [-0.15, -0.1) is 11.8 Å². The zero-order valence-electron chi connectivity index (χ0n) is 19.4. The van der Waals surface area contributed by atoms with E-state index in [0.29, 0.717) is 38.6 Å². The second kappa shape index (κ2) is 10.2. The molecule has 184 valence electrons. The van der Waals surface area contributed by atoms with Crippen molar-refractivity contribution in [2.75, 3.05) is 11.1 Å². The summed E-state index contributed by atoms with van der Waals surface area (Å²) in [4.78, 5) is 18.4. The molecule has 1 aromatic heterocycles. The summed E-state index contributed by atoms with van der Waals surface area (Å²) in [5, 5.41) is 7.90. The van der Waals surface area contributed by atoms with Crippen molar-refractivity contribution in [2.45, 2.75) is 36.5 Å². The lowest BCUT2D eigenvalue weighted by atomic mass is 9.94. The van der Waals surface area contributed by atoms with Crippen LogP contribution in [0.1, 0.15) is 36.7 Å². The van der Waals surface area contributed by atoms with Gasteiger partial charge in [-0.05, 0) is 72.7 Å². The Labute approximate surface area is 222 Å². The summed E-state index contributed by atoms with van der Waals surface area (Å²) in [5.74, 6) is 1.28. The smallest absolute Gasteiger partial charge is 0.257 e. The van der Waals surface area contributed by atoms with Gasteiger partial charge in [-0.3, -0.25) is 4.79 Å². The van der Waals surface area contributed by atoms with Crippen LogP contribution in [0.2, 0.25) is 10.0 Å². The first kappa shape index (κ1) is 24.8. The fourth-order valence-corrected chi connectivity index (χ4v) is 5.71. The summed E-state index contributed by atoms with van der Waals surface area (Å²) in [6, 6.07) is 17.2. The number of thioether (sulfide) groups is 1. The number of nitrogens with zero attached hydrogens (tertiary/aromatic N) is 2. The quantitative estimate of drug-likeness (QED) is 0.233. The van der Waals surface area contributed by atoms with E-state index in [1.165, 1.54) is 17.0 Å². The Balaban J connectivity index is 1.32. The summed E-state index contributed by atoms with van der Waals surface area (Å²) in [6.07, 6.45) is 1.76. The molecule has 5 nitrogen and oxygen atoms in total. The molecule has 5 rings (SSSR count). The molecule has 9 heteroatoms. The van der Waals surface area contributed by atoms with Crippen LogP contribution in [0.4, 0.5) is 10.1 Å². The van der Waals surface area contributed by atoms with E-state index in [2.05, 4.69) is 22.4 Å². The second-order valence-corrected chi connectivity index (χ2v) is 10.8. The number of carbonyl (C=O) groups excluding carboxylic acids is 1. The zero-order chi connectivity index (χ0) is 25.3. The molecule has 0 atom stereocenters. The molecule has 1 aliphatic carbocycles. The number of carbonyl (C=O) groups is 1. The van der Waals surface area contributed by atoms with E-state index in [-0.39, 0.29) is 18.1 Å². The van der Waals surface area contributed by atoms with Crippen molar-refractivity contribution < 1.29 is 13.7 Å². The van der Waals surface area contributed by atoms with Crippen molar-refractivity contribution in [3.63, 3.8) is 0 Å². The second-order valence-electron chi connectivity index (χ2n) is 8.63. The van der Waals surface area contributed by atoms with Crippen LogP contribution >= 0.6 is 35.0 Å². The van der Waals surface area contributed by atoms with Gasteiger partial charge in [0.2, 0.25) is 5.91 Å². The van der Waals surface area contributed by atoms with Crippen molar-refractivity contribution in [1.29, 1.82) is 0 Å². The Morgan fingerprint density at radius 1 is 1.08 bits per heavy atom. The molecule has 0 spiro atoms. The maximum absolute atomic E-state index is 13.3. The van der Waals surface area contributed by atoms with Gasteiger partial charge in [-0.1, -0.05) is 47.4 Å². The lowest BCUT2D eigenvalue weighted by Gasteiger charge is -2.17. The van der Waals surface area contributed by atoms with Gasteiger partial charge >= 0.3 is 0 Å². The highest BCUT2D eigenvalue weighted by Gasteiger charge is 2.52. The highest BCUT2D eigenvalue weighted by molar-refractivity contribution is 7.99. The Bertz CT molecular complexity index is 1380. The van der Waals surface area contributed by atoms with E-state index < -0.39 is 5.41 Å². The maximum atomic E-state index is 13.3. The lowest BCUT2D eigenvalue weighted by Crippen LogP contribution is -2.16. The van der Waals surface area contributed by atoms with Gasteiger partial charge in [0.25, 0.3) is 5.89 Å². The Hall–Kier alpha value is -2.87. The minimum atomic E-state index is -0.559. The summed E-state index contributed by atoms with van der Waals surface area (Å²) in [7, 11) is 0. The van der Waals surface area contributed by atoms with Crippen molar-refractivity contribution in [2.24, 2.45) is 0 Å². The average Bonchev–Trinajstić information content (AvgIpc) is 3.47. The molecule has 1 aliphatic rings. The van der Waals surface area contributed by atoms with Crippen molar-refractivity contribution in [3.8, 4) is 11.5 Å². The first-order valence-corrected chi connectivity index (χ1v) is 13.2. The number of halogens is 3. The zero-order valence-corrected chi connectivity index (χ0v) is 21.7. The number of benzene rings is 3. The number of rotatable bonds is 8. The van der Waals surface area contributed by atoms with Gasteiger partial charge in [-0.2, -0.15) is 4.98 Å². The molecule has 0 bridgehead atoms. The summed E-state index contributed by atoms with van der Waals surface area (Å²) in [5.41, 5.74) is 2.22. The number of amides is 1. The fraction of sp³-hybridized carbons (Fsp3) is 0.222. The van der Waals surface area contributed by atoms with Crippen LogP contribution < -0.4 is 5.32 Å². The van der Waals surface area contributed by atoms with E-state index in [9.17, 15) is 9.18 Å². The predicted octanol–water partition coefficient (Wildman–Crippen LogP) is 7.56. The number of nitrogens with one attached hydrogen (secondary N) is 1. The molecule has 1 saturated carbocycles. The predicted molar refractivity (Wildman–Crippen MR) is 141 cm³/mol. The molecule has 0 radical (unpaired) electrons. The topological polar surface area (TPSA) is 68.0 Å². The summed E-state index contributed by atoms with van der Waals surface area (Å²) in [6.45, 7) is 2.10. The molecule has 0 saturated heterocycles. The van der Waals surface area contributed by atoms with Crippen LogP contribution in [0.3, 0.4) is 0 Å². The molecular formula is C27H22Cl2FN3O2S. The SMILES string of the molecule is CCSc1ccc(CC(=O)Nc2cc(Cl)c(C3(c4noc(-c5ccc(F)cc5)n4)CC3)c(Cl)c2)cc1. The van der Waals surface area contributed by atoms with Crippen molar-refractivity contribution in [1.82, 2.24) is 10.1 Å². The van der Waals surface area contributed by atoms with Crippen molar-refractivity contribution >= 4 is 46.6 Å². The van der Waals surface area contributed by atoms with E-state index in [0.717, 1.165) is 24.2 Å².